The van der Waals surface area contributed by atoms with Crippen LogP contribution in [0.15, 0.2) is 18.3 Å². The van der Waals surface area contributed by atoms with Gasteiger partial charge in [-0.3, -0.25) is 0 Å². The molecule has 0 fully saturated rings. The summed E-state index contributed by atoms with van der Waals surface area (Å²) < 4.78 is 38.2. The van der Waals surface area contributed by atoms with Crippen molar-refractivity contribution >= 4 is 11.6 Å². The van der Waals surface area contributed by atoms with Crippen LogP contribution in [-0.4, -0.2) is 14.6 Å². The molecule has 0 saturated carbocycles. The standard InChI is InChI=1S/C7H5F3N4/c8-7(9,10)4-2-1-3-14-5(4)12-6(11)13-14/h1-3H,(H2,11,13). The summed E-state index contributed by atoms with van der Waals surface area (Å²) in [6.45, 7) is 0. The molecule has 0 aliphatic rings. The monoisotopic (exact) mass is 202 g/mol. The quantitative estimate of drug-likeness (QED) is 0.701. The van der Waals surface area contributed by atoms with Crippen LogP contribution in [0.4, 0.5) is 19.1 Å². The highest BCUT2D eigenvalue weighted by atomic mass is 19.4. The van der Waals surface area contributed by atoms with E-state index in [9.17, 15) is 13.2 Å². The number of nitrogen functional groups attached to an aromatic ring is 1. The maximum atomic E-state index is 12.4. The molecule has 4 nitrogen and oxygen atoms in total. The SMILES string of the molecule is Nc1nc2c(C(F)(F)F)cccn2n1. The third kappa shape index (κ3) is 1.26. The van der Waals surface area contributed by atoms with Crippen LogP contribution in [0.25, 0.3) is 5.65 Å². The first kappa shape index (κ1) is 8.79. The van der Waals surface area contributed by atoms with E-state index in [0.717, 1.165) is 10.6 Å². The van der Waals surface area contributed by atoms with Crippen molar-refractivity contribution in [3.63, 3.8) is 0 Å². The highest BCUT2D eigenvalue weighted by molar-refractivity contribution is 5.51. The zero-order valence-corrected chi connectivity index (χ0v) is 6.78. The highest BCUT2D eigenvalue weighted by Crippen LogP contribution is 2.31. The lowest BCUT2D eigenvalue weighted by Gasteiger charge is -2.05. The number of halogens is 3. The molecule has 0 amide bonds. The molecule has 0 unspecified atom stereocenters. The van der Waals surface area contributed by atoms with E-state index in [2.05, 4.69) is 10.1 Å². The molecule has 0 saturated heterocycles. The summed E-state index contributed by atoms with van der Waals surface area (Å²) in [6, 6.07) is 2.17. The van der Waals surface area contributed by atoms with Crippen molar-refractivity contribution in [2.45, 2.75) is 6.18 Å². The number of nitrogens with zero attached hydrogens (tertiary/aromatic N) is 3. The van der Waals surface area contributed by atoms with E-state index in [-0.39, 0.29) is 11.6 Å². The summed E-state index contributed by atoms with van der Waals surface area (Å²) in [4.78, 5) is 3.49. The van der Waals surface area contributed by atoms with Gasteiger partial charge in [-0.25, -0.2) is 4.52 Å². The second kappa shape index (κ2) is 2.60. The van der Waals surface area contributed by atoms with Gasteiger partial charge in [-0.15, -0.1) is 5.10 Å². The second-order valence-electron chi connectivity index (χ2n) is 2.66. The van der Waals surface area contributed by atoms with Gasteiger partial charge in [0.2, 0.25) is 5.95 Å². The smallest absolute Gasteiger partial charge is 0.366 e. The van der Waals surface area contributed by atoms with E-state index in [1.54, 1.807) is 0 Å². The third-order valence-corrected chi connectivity index (χ3v) is 1.68. The molecule has 2 heterocycles. The van der Waals surface area contributed by atoms with Crippen LogP contribution in [-0.2, 0) is 6.18 Å². The van der Waals surface area contributed by atoms with Gasteiger partial charge >= 0.3 is 6.18 Å². The van der Waals surface area contributed by atoms with Crippen LogP contribution >= 0.6 is 0 Å². The fourth-order valence-corrected chi connectivity index (χ4v) is 1.14. The number of alkyl halides is 3. The molecule has 0 bridgehead atoms. The number of hydrogen-bond acceptors (Lipinski definition) is 3. The first-order valence-corrected chi connectivity index (χ1v) is 3.66. The molecular weight excluding hydrogens is 197 g/mol. The van der Waals surface area contributed by atoms with Gasteiger partial charge in [0.15, 0.2) is 5.65 Å². The van der Waals surface area contributed by atoms with Crippen molar-refractivity contribution < 1.29 is 13.2 Å². The van der Waals surface area contributed by atoms with Crippen LogP contribution in [0.3, 0.4) is 0 Å². The zero-order valence-electron chi connectivity index (χ0n) is 6.78. The number of fused-ring (bicyclic) bond motifs is 1. The van der Waals surface area contributed by atoms with Crippen molar-refractivity contribution in [2.24, 2.45) is 0 Å². The Morgan fingerprint density at radius 2 is 2.07 bits per heavy atom. The van der Waals surface area contributed by atoms with E-state index in [1.165, 1.54) is 12.3 Å². The predicted molar refractivity (Wildman–Crippen MR) is 42.4 cm³/mol. The van der Waals surface area contributed by atoms with Crippen molar-refractivity contribution in [3.8, 4) is 0 Å². The molecule has 74 valence electrons. The van der Waals surface area contributed by atoms with E-state index < -0.39 is 11.7 Å². The summed E-state index contributed by atoms with van der Waals surface area (Å²) >= 11 is 0. The summed E-state index contributed by atoms with van der Waals surface area (Å²) in [7, 11) is 0. The van der Waals surface area contributed by atoms with Crippen molar-refractivity contribution in [1.29, 1.82) is 0 Å². The Hall–Kier alpha value is -1.79. The van der Waals surface area contributed by atoms with Gasteiger partial charge in [-0.05, 0) is 12.1 Å². The lowest BCUT2D eigenvalue weighted by atomic mass is 10.2. The molecule has 0 atom stereocenters. The summed E-state index contributed by atoms with van der Waals surface area (Å²) in [5, 5.41) is 3.57. The van der Waals surface area contributed by atoms with Gasteiger partial charge in [0, 0.05) is 6.20 Å². The largest absolute Gasteiger partial charge is 0.420 e. The molecule has 7 heteroatoms. The highest BCUT2D eigenvalue weighted by Gasteiger charge is 2.34. The van der Waals surface area contributed by atoms with Crippen molar-refractivity contribution in [3.05, 3.63) is 23.9 Å². The molecule has 0 radical (unpaired) electrons. The van der Waals surface area contributed by atoms with Crippen LogP contribution in [0.5, 0.6) is 0 Å². The van der Waals surface area contributed by atoms with Crippen molar-refractivity contribution in [2.75, 3.05) is 5.73 Å². The fraction of sp³-hybridized carbons (Fsp3) is 0.143. The van der Waals surface area contributed by atoms with E-state index in [0.29, 0.717) is 0 Å². The molecule has 2 aromatic heterocycles. The molecule has 0 aliphatic heterocycles. The number of rotatable bonds is 0. The van der Waals surface area contributed by atoms with Gasteiger partial charge in [0.25, 0.3) is 0 Å². The fourth-order valence-electron chi connectivity index (χ4n) is 1.14. The lowest BCUT2D eigenvalue weighted by Crippen LogP contribution is -2.07. The Morgan fingerprint density at radius 3 is 2.71 bits per heavy atom. The molecule has 0 aromatic carbocycles. The van der Waals surface area contributed by atoms with Crippen LogP contribution in [0.2, 0.25) is 0 Å². The van der Waals surface area contributed by atoms with Gasteiger partial charge in [-0.1, -0.05) is 0 Å². The Labute approximate surface area is 76.2 Å². The minimum Gasteiger partial charge on any atom is -0.366 e. The zero-order chi connectivity index (χ0) is 10.3. The normalized spacial score (nSPS) is 12.2. The van der Waals surface area contributed by atoms with Crippen molar-refractivity contribution in [1.82, 2.24) is 14.6 Å². The van der Waals surface area contributed by atoms with Gasteiger partial charge in [0.1, 0.15) is 5.56 Å². The third-order valence-electron chi connectivity index (χ3n) is 1.68. The average Bonchev–Trinajstić information content (AvgIpc) is 2.41. The maximum absolute atomic E-state index is 12.4. The first-order chi connectivity index (χ1) is 6.48. The summed E-state index contributed by atoms with van der Waals surface area (Å²) in [6.07, 6.45) is -3.09. The van der Waals surface area contributed by atoms with Crippen LogP contribution < -0.4 is 5.73 Å². The lowest BCUT2D eigenvalue weighted by molar-refractivity contribution is -0.136. The van der Waals surface area contributed by atoms with Crippen LogP contribution in [0.1, 0.15) is 5.56 Å². The van der Waals surface area contributed by atoms with Gasteiger partial charge < -0.3 is 5.73 Å². The minimum absolute atomic E-state index is 0.179. The number of anilines is 1. The second-order valence-corrected chi connectivity index (χ2v) is 2.66. The number of pyridine rings is 1. The molecule has 0 aliphatic carbocycles. The predicted octanol–water partition coefficient (Wildman–Crippen LogP) is 1.33. The average molecular weight is 202 g/mol. The molecule has 2 aromatic rings. The Morgan fingerprint density at radius 1 is 1.36 bits per heavy atom. The van der Waals surface area contributed by atoms with Gasteiger partial charge in [-0.2, -0.15) is 18.2 Å². The first-order valence-electron chi connectivity index (χ1n) is 3.66. The summed E-state index contributed by atoms with van der Waals surface area (Å²) in [5.41, 5.74) is 4.07. The molecule has 2 N–H and O–H groups in total. The van der Waals surface area contributed by atoms with E-state index in [4.69, 9.17) is 5.73 Å². The van der Waals surface area contributed by atoms with E-state index >= 15 is 0 Å². The van der Waals surface area contributed by atoms with E-state index in [1.807, 2.05) is 0 Å². The Balaban J connectivity index is 2.77. The Bertz CT molecular complexity index is 473. The number of aromatic nitrogens is 3. The Kier molecular flexibility index (Phi) is 1.63. The maximum Gasteiger partial charge on any atom is 0.420 e. The molecule has 2 rings (SSSR count). The topological polar surface area (TPSA) is 56.2 Å². The molecule has 14 heavy (non-hydrogen) atoms. The van der Waals surface area contributed by atoms with Crippen LogP contribution in [0, 0.1) is 0 Å². The molecular formula is C7H5F3N4. The van der Waals surface area contributed by atoms with Gasteiger partial charge in [0.05, 0.1) is 0 Å². The molecule has 0 spiro atoms. The number of nitrogens with two attached hydrogens (primary N) is 1. The summed E-state index contributed by atoms with van der Waals surface area (Å²) in [5.74, 6) is -0.179. The minimum atomic E-state index is -4.44. The number of hydrogen-bond donors (Lipinski definition) is 1.